The van der Waals surface area contributed by atoms with Gasteiger partial charge in [0.2, 0.25) is 0 Å². The molecule has 78 valence electrons. The Labute approximate surface area is 98.1 Å². The van der Waals surface area contributed by atoms with Crippen LogP contribution in [0.15, 0.2) is 60.7 Å². The lowest BCUT2D eigenvalue weighted by atomic mass is 10.2. The van der Waals surface area contributed by atoms with E-state index in [2.05, 4.69) is 66.9 Å². The van der Waals surface area contributed by atoms with Crippen molar-refractivity contribution < 1.29 is 0 Å². The zero-order valence-electron chi connectivity index (χ0n) is 9.18. The lowest BCUT2D eigenvalue weighted by Crippen LogP contribution is -1.70. The normalized spacial score (nSPS) is 11.9. The van der Waals surface area contributed by atoms with Crippen molar-refractivity contribution in [1.29, 1.82) is 0 Å². The summed E-state index contributed by atoms with van der Waals surface area (Å²) >= 11 is 0. The highest BCUT2D eigenvalue weighted by atomic mass is 32.2. The van der Waals surface area contributed by atoms with Crippen LogP contribution in [-0.4, -0.2) is 0 Å². The summed E-state index contributed by atoms with van der Waals surface area (Å²) in [4.78, 5) is 1.46. The maximum atomic E-state index is 2.33. The number of thiophene rings is 1. The molecule has 1 heteroatoms. The second-order valence-corrected chi connectivity index (χ2v) is 5.82. The second-order valence-electron chi connectivity index (χ2n) is 3.92. The van der Waals surface area contributed by atoms with Gasteiger partial charge in [0.05, 0.1) is 0 Å². The first-order valence-corrected chi connectivity index (χ1v) is 7.01. The summed E-state index contributed by atoms with van der Waals surface area (Å²) in [6.07, 6.45) is 2.31. The number of hydrogen-bond donors (Lipinski definition) is 0. The third-order valence-electron chi connectivity index (χ3n) is 2.92. The van der Waals surface area contributed by atoms with Crippen molar-refractivity contribution in [3.8, 4) is 10.4 Å². The highest BCUT2D eigenvalue weighted by molar-refractivity contribution is 7.38. The molecule has 0 aliphatic rings. The Morgan fingerprint density at radius 2 is 1.50 bits per heavy atom. The van der Waals surface area contributed by atoms with Gasteiger partial charge in [-0.25, -0.2) is 0 Å². The number of hydrogen-bond acceptors (Lipinski definition) is 0. The predicted molar refractivity (Wildman–Crippen MR) is 72.8 cm³/mol. The molecule has 0 amide bonds. The number of rotatable bonds is 1. The average molecular weight is 225 g/mol. The molecule has 0 bridgehead atoms. The van der Waals surface area contributed by atoms with Crippen LogP contribution in [0.1, 0.15) is 0 Å². The van der Waals surface area contributed by atoms with Crippen molar-refractivity contribution in [2.24, 2.45) is 6.26 Å². The van der Waals surface area contributed by atoms with Crippen LogP contribution in [-0.2, 0) is 6.26 Å². The Kier molecular flexibility index (Phi) is 2.26. The Morgan fingerprint density at radius 3 is 2.25 bits per heavy atom. The van der Waals surface area contributed by atoms with Gasteiger partial charge in [-0.1, -0.05) is 30.3 Å². The van der Waals surface area contributed by atoms with E-state index in [0.717, 1.165) is 0 Å². The van der Waals surface area contributed by atoms with Gasteiger partial charge in [-0.2, -0.15) is 0 Å². The van der Waals surface area contributed by atoms with Gasteiger partial charge in [-0.3, -0.25) is 0 Å². The summed E-state index contributed by atoms with van der Waals surface area (Å²) < 4.78 is 1.47. The van der Waals surface area contributed by atoms with Gasteiger partial charge in [-0.15, -0.1) is 0 Å². The molecule has 1 aromatic heterocycles. The SMILES string of the molecule is C[s+]1c(-c2ccccc2)cc2ccccc21. The topological polar surface area (TPSA) is 0 Å². The third-order valence-corrected chi connectivity index (χ3v) is 4.97. The first kappa shape index (κ1) is 9.61. The molecule has 0 N–H and O–H groups in total. The molecule has 16 heavy (non-hydrogen) atoms. The fourth-order valence-corrected chi connectivity index (χ4v) is 3.88. The largest absolute Gasteiger partial charge is 0.181 e. The van der Waals surface area contributed by atoms with E-state index < -0.39 is 0 Å². The molecule has 0 radical (unpaired) electrons. The highest BCUT2D eigenvalue weighted by Gasteiger charge is 2.16. The maximum Gasteiger partial charge on any atom is 0.181 e. The van der Waals surface area contributed by atoms with E-state index in [-0.39, 0.29) is 10.5 Å². The Morgan fingerprint density at radius 1 is 0.812 bits per heavy atom. The summed E-state index contributed by atoms with van der Waals surface area (Å²) in [5.41, 5.74) is 1.35. The van der Waals surface area contributed by atoms with Crippen molar-refractivity contribution >= 4 is 20.6 Å². The minimum absolute atomic E-state index is 0.225. The molecule has 3 rings (SSSR count). The lowest BCUT2D eigenvalue weighted by molar-refractivity contribution is 1.70. The van der Waals surface area contributed by atoms with E-state index in [4.69, 9.17) is 0 Å². The third kappa shape index (κ3) is 1.44. The number of aryl methyl sites for hydroxylation is 1. The van der Waals surface area contributed by atoms with E-state index in [1.54, 1.807) is 0 Å². The highest BCUT2D eigenvalue weighted by Crippen LogP contribution is 2.40. The average Bonchev–Trinajstić information content (AvgIpc) is 2.69. The quantitative estimate of drug-likeness (QED) is 0.522. The number of fused-ring (bicyclic) bond motifs is 1. The first-order chi connectivity index (χ1) is 7.86. The Hall–Kier alpha value is -1.60. The summed E-state index contributed by atoms with van der Waals surface area (Å²) in [5.74, 6) is 0. The monoisotopic (exact) mass is 225 g/mol. The Balaban J connectivity index is 2.29. The van der Waals surface area contributed by atoms with Gasteiger partial charge in [0.25, 0.3) is 0 Å². The molecule has 1 atom stereocenters. The molecule has 1 heterocycles. The summed E-state index contributed by atoms with van der Waals surface area (Å²) in [6, 6.07) is 21.7. The van der Waals surface area contributed by atoms with Gasteiger partial charge in [0, 0.05) is 17.0 Å². The molecular weight excluding hydrogens is 212 g/mol. The van der Waals surface area contributed by atoms with Crippen LogP contribution in [0, 0.1) is 0 Å². The van der Waals surface area contributed by atoms with Gasteiger partial charge in [0.15, 0.2) is 9.58 Å². The molecule has 0 nitrogen and oxygen atoms in total. The zero-order valence-corrected chi connectivity index (χ0v) is 10.00. The molecule has 1 unspecified atom stereocenters. The van der Waals surface area contributed by atoms with E-state index in [1.807, 2.05) is 0 Å². The van der Waals surface area contributed by atoms with Crippen molar-refractivity contribution in [3.63, 3.8) is 0 Å². The van der Waals surface area contributed by atoms with Crippen LogP contribution in [0.4, 0.5) is 0 Å². The van der Waals surface area contributed by atoms with Crippen molar-refractivity contribution in [2.75, 3.05) is 0 Å². The summed E-state index contributed by atoms with van der Waals surface area (Å²) in [6.45, 7) is 0. The molecule has 0 aliphatic carbocycles. The van der Waals surface area contributed by atoms with E-state index in [1.165, 1.54) is 20.5 Å². The van der Waals surface area contributed by atoms with Gasteiger partial charge in [-0.05, 0) is 34.7 Å². The van der Waals surface area contributed by atoms with Crippen LogP contribution >= 0.6 is 10.5 Å². The zero-order chi connectivity index (χ0) is 11.0. The fourth-order valence-electron chi connectivity index (χ4n) is 2.09. The lowest BCUT2D eigenvalue weighted by Gasteiger charge is -1.92. The molecule has 0 spiro atoms. The van der Waals surface area contributed by atoms with Crippen LogP contribution < -0.4 is 0 Å². The van der Waals surface area contributed by atoms with Gasteiger partial charge >= 0.3 is 0 Å². The van der Waals surface area contributed by atoms with Crippen LogP contribution in [0.5, 0.6) is 0 Å². The molecule has 0 fully saturated rings. The van der Waals surface area contributed by atoms with Crippen molar-refractivity contribution in [1.82, 2.24) is 0 Å². The van der Waals surface area contributed by atoms with E-state index in [0.29, 0.717) is 0 Å². The standard InChI is InChI=1S/C15H13S/c1-16-14-10-6-5-9-13(14)11-15(16)12-7-3-2-4-8-12/h2-11H,1H3/q+1. The molecular formula is C15H13S+. The van der Waals surface area contributed by atoms with Gasteiger partial charge in [0.1, 0.15) is 6.26 Å². The van der Waals surface area contributed by atoms with Crippen LogP contribution in [0.3, 0.4) is 0 Å². The first-order valence-electron chi connectivity index (χ1n) is 5.38. The van der Waals surface area contributed by atoms with Crippen LogP contribution in [0.25, 0.3) is 20.5 Å². The fraction of sp³-hybridized carbons (Fsp3) is 0.0667. The van der Waals surface area contributed by atoms with Crippen molar-refractivity contribution in [3.05, 3.63) is 60.7 Å². The second kappa shape index (κ2) is 3.76. The van der Waals surface area contributed by atoms with Crippen LogP contribution in [0.2, 0.25) is 0 Å². The molecule has 3 aromatic rings. The minimum atomic E-state index is 0.225. The molecule has 2 aromatic carbocycles. The molecule has 0 saturated carbocycles. The maximum absolute atomic E-state index is 2.33. The molecule has 0 saturated heterocycles. The smallest absolute Gasteiger partial charge is 0.0622 e. The number of benzene rings is 2. The van der Waals surface area contributed by atoms with E-state index >= 15 is 0 Å². The Bertz CT molecular complexity index is 620. The van der Waals surface area contributed by atoms with Gasteiger partial charge < -0.3 is 0 Å². The summed E-state index contributed by atoms with van der Waals surface area (Å²) in [5, 5.41) is 1.38. The predicted octanol–water partition coefficient (Wildman–Crippen LogP) is 4.79. The van der Waals surface area contributed by atoms with Crippen molar-refractivity contribution in [2.45, 2.75) is 0 Å². The minimum Gasteiger partial charge on any atom is -0.0622 e. The van der Waals surface area contributed by atoms with E-state index in [9.17, 15) is 0 Å². The molecule has 0 aliphatic heterocycles. The summed E-state index contributed by atoms with van der Waals surface area (Å²) in [7, 11) is 0.225.